The second-order valence-electron chi connectivity index (χ2n) is 5.64. The van der Waals surface area contributed by atoms with Crippen LogP contribution >= 0.6 is 11.3 Å². The van der Waals surface area contributed by atoms with Crippen molar-refractivity contribution in [3.05, 3.63) is 51.7 Å². The Morgan fingerprint density at radius 1 is 1.12 bits per heavy atom. The third-order valence-electron chi connectivity index (χ3n) is 3.62. The van der Waals surface area contributed by atoms with Crippen LogP contribution in [0.5, 0.6) is 0 Å². The minimum absolute atomic E-state index is 0.197. The van der Waals surface area contributed by atoms with Crippen molar-refractivity contribution in [3.63, 3.8) is 0 Å². The quantitative estimate of drug-likeness (QED) is 0.437. The Morgan fingerprint density at radius 2 is 1.88 bits per heavy atom. The van der Waals surface area contributed by atoms with E-state index >= 15 is 0 Å². The fourth-order valence-corrected chi connectivity index (χ4v) is 3.14. The van der Waals surface area contributed by atoms with Gasteiger partial charge in [0.15, 0.2) is 5.96 Å². The number of rotatable bonds is 8. The molecule has 2 aromatic rings. The number of hydrogen-bond donors (Lipinski definition) is 2. The third-order valence-corrected chi connectivity index (χ3v) is 4.65. The highest BCUT2D eigenvalue weighted by molar-refractivity contribution is 7.09. The fourth-order valence-electron chi connectivity index (χ4n) is 2.32. The number of guanidine groups is 1. The zero-order chi connectivity index (χ0) is 17.2. The van der Waals surface area contributed by atoms with Gasteiger partial charge in [0, 0.05) is 31.2 Å². The second-order valence-corrected chi connectivity index (χ2v) is 6.58. The molecule has 2 rings (SSSR count). The molecule has 1 aromatic carbocycles. The molecule has 0 amide bonds. The number of unbranched alkanes of at least 4 members (excludes halogenated alkanes) is 1. The molecule has 0 aliphatic rings. The van der Waals surface area contributed by atoms with E-state index in [9.17, 15) is 4.39 Å². The topological polar surface area (TPSA) is 49.3 Å². The Bertz CT molecular complexity index is 637. The predicted octanol–water partition coefficient (Wildman–Crippen LogP) is 3.32. The first kappa shape index (κ1) is 18.4. The SMILES string of the molecule is CN=C(NCCCCc1nc(C)cs1)NCCc1ccc(F)cc1. The minimum Gasteiger partial charge on any atom is -0.356 e. The van der Waals surface area contributed by atoms with Crippen LogP contribution in [0.1, 0.15) is 29.1 Å². The average Bonchev–Trinajstić information content (AvgIpc) is 3.00. The first-order chi connectivity index (χ1) is 11.7. The van der Waals surface area contributed by atoms with Crippen LogP contribution in [-0.2, 0) is 12.8 Å². The van der Waals surface area contributed by atoms with Crippen LogP contribution in [0.15, 0.2) is 34.6 Å². The second kappa shape index (κ2) is 10.0. The average molecular weight is 348 g/mol. The maximum Gasteiger partial charge on any atom is 0.190 e. The summed E-state index contributed by atoms with van der Waals surface area (Å²) in [6, 6.07) is 6.61. The van der Waals surface area contributed by atoms with Crippen LogP contribution in [0.25, 0.3) is 0 Å². The molecule has 24 heavy (non-hydrogen) atoms. The molecule has 0 unspecified atom stereocenters. The molecule has 130 valence electrons. The van der Waals surface area contributed by atoms with Crippen LogP contribution in [0.4, 0.5) is 4.39 Å². The van der Waals surface area contributed by atoms with Gasteiger partial charge in [-0.05, 0) is 50.3 Å². The number of thiazole rings is 1. The highest BCUT2D eigenvalue weighted by Gasteiger charge is 2.00. The molecular formula is C18H25FN4S. The number of aromatic nitrogens is 1. The first-order valence-corrected chi connectivity index (χ1v) is 9.15. The van der Waals surface area contributed by atoms with Gasteiger partial charge in [0.05, 0.1) is 5.01 Å². The molecule has 6 heteroatoms. The minimum atomic E-state index is -0.197. The number of aryl methyl sites for hydroxylation is 2. The number of nitrogens with zero attached hydrogens (tertiary/aromatic N) is 2. The molecule has 1 heterocycles. The molecule has 0 bridgehead atoms. The summed E-state index contributed by atoms with van der Waals surface area (Å²) in [7, 11) is 1.77. The van der Waals surface area contributed by atoms with Crippen molar-refractivity contribution in [3.8, 4) is 0 Å². The molecule has 0 atom stereocenters. The summed E-state index contributed by atoms with van der Waals surface area (Å²) in [4.78, 5) is 8.69. The van der Waals surface area contributed by atoms with E-state index in [1.807, 2.05) is 19.1 Å². The van der Waals surface area contributed by atoms with Crippen LogP contribution < -0.4 is 10.6 Å². The molecule has 0 aliphatic carbocycles. The lowest BCUT2D eigenvalue weighted by Gasteiger charge is -2.11. The van der Waals surface area contributed by atoms with Gasteiger partial charge in [0.25, 0.3) is 0 Å². The Hall–Kier alpha value is -1.95. The van der Waals surface area contributed by atoms with E-state index in [0.29, 0.717) is 0 Å². The van der Waals surface area contributed by atoms with Crippen molar-refractivity contribution < 1.29 is 4.39 Å². The smallest absolute Gasteiger partial charge is 0.190 e. The van der Waals surface area contributed by atoms with E-state index in [4.69, 9.17) is 0 Å². The summed E-state index contributed by atoms with van der Waals surface area (Å²) >= 11 is 1.74. The first-order valence-electron chi connectivity index (χ1n) is 8.27. The summed E-state index contributed by atoms with van der Waals surface area (Å²) in [6.45, 7) is 3.69. The molecule has 0 saturated carbocycles. The number of halogens is 1. The van der Waals surface area contributed by atoms with Crippen LogP contribution in [-0.4, -0.2) is 31.1 Å². The molecule has 0 radical (unpaired) electrons. The van der Waals surface area contributed by atoms with Gasteiger partial charge in [0.2, 0.25) is 0 Å². The number of nitrogens with one attached hydrogen (secondary N) is 2. The van der Waals surface area contributed by atoms with Gasteiger partial charge in [-0.1, -0.05) is 12.1 Å². The van der Waals surface area contributed by atoms with Gasteiger partial charge in [-0.25, -0.2) is 9.37 Å². The molecule has 0 saturated heterocycles. The summed E-state index contributed by atoms with van der Waals surface area (Å²) in [5.74, 6) is 0.610. The normalized spacial score (nSPS) is 11.5. The molecule has 2 N–H and O–H groups in total. The lowest BCUT2D eigenvalue weighted by atomic mass is 10.1. The molecule has 1 aromatic heterocycles. The monoisotopic (exact) mass is 348 g/mol. The summed E-state index contributed by atoms with van der Waals surface area (Å²) in [6.07, 6.45) is 4.07. The van der Waals surface area contributed by atoms with E-state index in [2.05, 4.69) is 26.0 Å². The van der Waals surface area contributed by atoms with Gasteiger partial charge in [0.1, 0.15) is 5.82 Å². The summed E-state index contributed by atoms with van der Waals surface area (Å²) in [5.41, 5.74) is 2.22. The standard InChI is InChI=1S/C18H25FN4S/c1-14-13-24-17(23-14)5-3-4-11-21-18(20-2)22-12-10-15-6-8-16(19)9-7-15/h6-9,13H,3-5,10-12H2,1-2H3,(H2,20,21,22). The number of aliphatic imine (C=N–C) groups is 1. The van der Waals surface area contributed by atoms with Crippen molar-refractivity contribution in [1.29, 1.82) is 0 Å². The van der Waals surface area contributed by atoms with E-state index in [1.165, 1.54) is 17.1 Å². The maximum atomic E-state index is 12.9. The van der Waals surface area contributed by atoms with Crippen molar-refractivity contribution >= 4 is 17.3 Å². The summed E-state index contributed by atoms with van der Waals surface area (Å²) in [5, 5.41) is 9.91. The van der Waals surface area contributed by atoms with Crippen molar-refractivity contribution in [2.75, 3.05) is 20.1 Å². The Balaban J connectivity index is 1.57. The molecule has 0 fully saturated rings. The van der Waals surface area contributed by atoms with Crippen LogP contribution in [0.2, 0.25) is 0 Å². The molecular weight excluding hydrogens is 323 g/mol. The number of hydrogen-bond acceptors (Lipinski definition) is 3. The van der Waals surface area contributed by atoms with Gasteiger partial charge in [-0.15, -0.1) is 11.3 Å². The largest absolute Gasteiger partial charge is 0.356 e. The van der Waals surface area contributed by atoms with Crippen LogP contribution in [0, 0.1) is 12.7 Å². The van der Waals surface area contributed by atoms with Gasteiger partial charge in [-0.2, -0.15) is 0 Å². The molecule has 0 aliphatic heterocycles. The van der Waals surface area contributed by atoms with Gasteiger partial charge in [-0.3, -0.25) is 4.99 Å². The van der Waals surface area contributed by atoms with Gasteiger partial charge >= 0.3 is 0 Å². The van der Waals surface area contributed by atoms with Crippen molar-refractivity contribution in [2.45, 2.75) is 32.6 Å². The maximum absolute atomic E-state index is 12.9. The Kier molecular flexibility index (Phi) is 7.68. The van der Waals surface area contributed by atoms with Crippen molar-refractivity contribution in [1.82, 2.24) is 15.6 Å². The van der Waals surface area contributed by atoms with E-state index in [0.717, 1.165) is 56.0 Å². The predicted molar refractivity (Wildman–Crippen MR) is 99.3 cm³/mol. The zero-order valence-corrected chi connectivity index (χ0v) is 15.1. The zero-order valence-electron chi connectivity index (χ0n) is 14.3. The van der Waals surface area contributed by atoms with Crippen molar-refractivity contribution in [2.24, 2.45) is 4.99 Å². The highest BCUT2D eigenvalue weighted by atomic mass is 32.1. The van der Waals surface area contributed by atoms with Crippen LogP contribution in [0.3, 0.4) is 0 Å². The molecule has 0 spiro atoms. The molecule has 4 nitrogen and oxygen atoms in total. The third kappa shape index (κ3) is 6.66. The summed E-state index contributed by atoms with van der Waals surface area (Å²) < 4.78 is 12.9. The number of benzene rings is 1. The van der Waals surface area contributed by atoms with Gasteiger partial charge < -0.3 is 10.6 Å². The fraction of sp³-hybridized carbons (Fsp3) is 0.444. The van der Waals surface area contributed by atoms with E-state index in [1.54, 1.807) is 18.4 Å². The Morgan fingerprint density at radius 3 is 2.54 bits per heavy atom. The highest BCUT2D eigenvalue weighted by Crippen LogP contribution is 2.11. The lowest BCUT2D eigenvalue weighted by molar-refractivity contribution is 0.626. The lowest BCUT2D eigenvalue weighted by Crippen LogP contribution is -2.38. The Labute approximate surface area is 147 Å². The van der Waals surface area contributed by atoms with E-state index in [-0.39, 0.29) is 5.82 Å². The van der Waals surface area contributed by atoms with E-state index < -0.39 is 0 Å².